The molecule has 0 bridgehead atoms. The maximum Gasteiger partial charge on any atom is 0.253 e. The van der Waals surface area contributed by atoms with E-state index in [0.717, 1.165) is 50.2 Å². The SMILES string of the molecule is CNc1cc(C)c(/C=C/S(=O)(=O)N2CCC3(CC2)N=C(c2cccc(-c4cccc(-c5ccccc5)c4)c2)NC3=O)c(C)c1. The van der Waals surface area contributed by atoms with Crippen molar-refractivity contribution in [2.45, 2.75) is 32.2 Å². The molecule has 2 heterocycles. The van der Waals surface area contributed by atoms with Gasteiger partial charge in [-0.2, -0.15) is 4.31 Å². The summed E-state index contributed by atoms with van der Waals surface area (Å²) in [5.41, 5.74) is 8.10. The fraction of sp³-hybridized carbons (Fsp3) is 0.222. The highest BCUT2D eigenvalue weighted by molar-refractivity contribution is 7.92. The van der Waals surface area contributed by atoms with E-state index in [1.54, 1.807) is 6.08 Å². The standard InChI is InChI=1S/C36H36N4O3S/c1-25-21-32(37-3)22-26(2)33(25)15-20-44(42,43)40-18-16-36(17-19-40)35(41)38-34(39-36)31-14-8-13-30(24-31)29-12-7-11-28(23-29)27-9-5-4-6-10-27/h4-15,20-24,37H,16-19H2,1-3H3,(H,38,39,41)/b20-15+. The average molecular weight is 605 g/mol. The summed E-state index contributed by atoms with van der Waals surface area (Å²) in [6.07, 6.45) is 2.32. The molecule has 2 N–H and O–H groups in total. The predicted octanol–water partition coefficient (Wildman–Crippen LogP) is 6.39. The summed E-state index contributed by atoms with van der Waals surface area (Å²) < 4.78 is 28.0. The van der Waals surface area contributed by atoms with Gasteiger partial charge in [0.25, 0.3) is 5.91 Å². The van der Waals surface area contributed by atoms with Gasteiger partial charge in [0, 0.05) is 36.8 Å². The highest BCUT2D eigenvalue weighted by Crippen LogP contribution is 2.34. The number of sulfonamides is 1. The van der Waals surface area contributed by atoms with Crippen LogP contribution in [0.2, 0.25) is 0 Å². The number of carbonyl (C=O) groups is 1. The number of carbonyl (C=O) groups excluding carboxylic acids is 1. The van der Waals surface area contributed by atoms with Crippen molar-refractivity contribution in [1.82, 2.24) is 9.62 Å². The Morgan fingerprint density at radius 3 is 1.95 bits per heavy atom. The van der Waals surface area contributed by atoms with E-state index in [9.17, 15) is 13.2 Å². The van der Waals surface area contributed by atoms with Crippen molar-refractivity contribution in [3.63, 3.8) is 0 Å². The summed E-state index contributed by atoms with van der Waals surface area (Å²) in [5.74, 6) is 0.357. The zero-order valence-electron chi connectivity index (χ0n) is 25.2. The van der Waals surface area contributed by atoms with Crippen molar-refractivity contribution < 1.29 is 13.2 Å². The lowest BCUT2D eigenvalue weighted by Crippen LogP contribution is -2.50. The van der Waals surface area contributed by atoms with Gasteiger partial charge in [0.2, 0.25) is 10.0 Å². The smallest absolute Gasteiger partial charge is 0.253 e. The molecule has 0 unspecified atom stereocenters. The number of amides is 1. The van der Waals surface area contributed by atoms with Crippen LogP contribution in [0.4, 0.5) is 5.69 Å². The number of piperidine rings is 1. The van der Waals surface area contributed by atoms with Crippen molar-refractivity contribution >= 4 is 33.5 Å². The molecule has 1 saturated heterocycles. The van der Waals surface area contributed by atoms with Crippen molar-refractivity contribution in [3.8, 4) is 22.3 Å². The maximum atomic E-state index is 13.3. The van der Waals surface area contributed by atoms with Gasteiger partial charge in [-0.1, -0.05) is 66.7 Å². The maximum absolute atomic E-state index is 13.3. The van der Waals surface area contributed by atoms with Crippen LogP contribution in [0.3, 0.4) is 0 Å². The summed E-state index contributed by atoms with van der Waals surface area (Å²) in [5, 5.41) is 7.40. The molecule has 0 atom stereocenters. The Labute approximate surface area is 259 Å². The Kier molecular flexibility index (Phi) is 7.97. The van der Waals surface area contributed by atoms with E-state index in [2.05, 4.69) is 47.0 Å². The van der Waals surface area contributed by atoms with Gasteiger partial charge in [0.1, 0.15) is 11.4 Å². The number of nitrogens with zero attached hydrogens (tertiary/aromatic N) is 2. The molecule has 0 radical (unpaired) electrons. The number of rotatable bonds is 7. The lowest BCUT2D eigenvalue weighted by atomic mass is 9.89. The summed E-state index contributed by atoms with van der Waals surface area (Å²) in [6.45, 7) is 4.38. The molecule has 44 heavy (non-hydrogen) atoms. The molecular formula is C36H36N4O3S. The third-order valence-corrected chi connectivity index (χ3v) is 10.2. The monoisotopic (exact) mass is 604 g/mol. The van der Waals surface area contributed by atoms with Crippen LogP contribution in [0, 0.1) is 13.8 Å². The van der Waals surface area contributed by atoms with Gasteiger partial charge in [0.05, 0.1) is 0 Å². The normalized spacial score (nSPS) is 16.7. The first-order chi connectivity index (χ1) is 21.2. The first-order valence-electron chi connectivity index (χ1n) is 14.8. The van der Waals surface area contributed by atoms with Crippen LogP contribution in [0.5, 0.6) is 0 Å². The minimum Gasteiger partial charge on any atom is -0.388 e. The molecule has 0 aromatic heterocycles. The number of hydrogen-bond acceptors (Lipinski definition) is 5. The number of nitrogens with one attached hydrogen (secondary N) is 2. The second kappa shape index (κ2) is 11.9. The van der Waals surface area contributed by atoms with Crippen LogP contribution in [0.1, 0.15) is 35.1 Å². The highest BCUT2D eigenvalue weighted by Gasteiger charge is 2.47. The fourth-order valence-electron chi connectivity index (χ4n) is 6.08. The predicted molar refractivity (Wildman–Crippen MR) is 179 cm³/mol. The van der Waals surface area contributed by atoms with Crippen LogP contribution in [-0.2, 0) is 14.8 Å². The second-order valence-corrected chi connectivity index (χ2v) is 13.3. The Bertz CT molecular complexity index is 1870. The molecule has 0 aliphatic carbocycles. The van der Waals surface area contributed by atoms with Crippen LogP contribution in [0.15, 0.2) is 101 Å². The van der Waals surface area contributed by atoms with Gasteiger partial charge in [-0.15, -0.1) is 0 Å². The molecule has 8 heteroatoms. The second-order valence-electron chi connectivity index (χ2n) is 11.5. The Balaban J connectivity index is 1.18. The molecule has 1 fully saturated rings. The first kappa shape index (κ1) is 29.5. The number of hydrogen-bond donors (Lipinski definition) is 2. The molecule has 224 valence electrons. The van der Waals surface area contributed by atoms with E-state index in [4.69, 9.17) is 4.99 Å². The topological polar surface area (TPSA) is 90.9 Å². The molecule has 1 amide bonds. The van der Waals surface area contributed by atoms with E-state index in [0.29, 0.717) is 18.7 Å². The van der Waals surface area contributed by atoms with Gasteiger partial charge in [-0.05, 0) is 96.0 Å². The van der Waals surface area contributed by atoms with Crippen LogP contribution < -0.4 is 10.6 Å². The van der Waals surface area contributed by atoms with Gasteiger partial charge < -0.3 is 10.6 Å². The minimum atomic E-state index is -3.66. The van der Waals surface area contributed by atoms with Crippen molar-refractivity contribution in [2.75, 3.05) is 25.5 Å². The van der Waals surface area contributed by atoms with Crippen LogP contribution in [0.25, 0.3) is 28.3 Å². The zero-order chi connectivity index (χ0) is 30.9. The third-order valence-electron chi connectivity index (χ3n) is 8.62. The number of aryl methyl sites for hydroxylation is 2. The number of amidine groups is 1. The van der Waals surface area contributed by atoms with E-state index in [1.165, 1.54) is 9.71 Å². The number of aliphatic imine (C=N–C) groups is 1. The van der Waals surface area contributed by atoms with E-state index in [-0.39, 0.29) is 19.0 Å². The average Bonchev–Trinajstić information content (AvgIpc) is 3.36. The van der Waals surface area contributed by atoms with Crippen molar-refractivity contribution in [2.24, 2.45) is 4.99 Å². The molecular weight excluding hydrogens is 568 g/mol. The molecule has 4 aromatic rings. The Morgan fingerprint density at radius 1 is 0.795 bits per heavy atom. The lowest BCUT2D eigenvalue weighted by molar-refractivity contribution is -0.124. The molecule has 1 spiro atoms. The minimum absolute atomic E-state index is 0.174. The highest BCUT2D eigenvalue weighted by atomic mass is 32.2. The summed E-state index contributed by atoms with van der Waals surface area (Å²) in [7, 11) is -1.80. The molecule has 2 aliphatic rings. The quantitative estimate of drug-likeness (QED) is 0.256. The summed E-state index contributed by atoms with van der Waals surface area (Å²) >= 11 is 0. The van der Waals surface area contributed by atoms with Crippen LogP contribution in [-0.4, -0.2) is 50.1 Å². The third kappa shape index (κ3) is 5.83. The van der Waals surface area contributed by atoms with Crippen LogP contribution >= 0.6 is 0 Å². The van der Waals surface area contributed by atoms with Crippen molar-refractivity contribution in [1.29, 1.82) is 0 Å². The molecule has 4 aromatic carbocycles. The molecule has 0 saturated carbocycles. The zero-order valence-corrected chi connectivity index (χ0v) is 26.0. The van der Waals surface area contributed by atoms with E-state index in [1.807, 2.05) is 75.5 Å². The largest absolute Gasteiger partial charge is 0.388 e. The summed E-state index contributed by atoms with van der Waals surface area (Å²) in [4.78, 5) is 18.2. The van der Waals surface area contributed by atoms with E-state index < -0.39 is 15.6 Å². The lowest BCUT2D eigenvalue weighted by Gasteiger charge is -2.34. The number of benzene rings is 4. The van der Waals surface area contributed by atoms with Gasteiger partial charge >= 0.3 is 0 Å². The first-order valence-corrected chi connectivity index (χ1v) is 16.3. The van der Waals surface area contributed by atoms with Gasteiger partial charge in [-0.3, -0.25) is 9.79 Å². The van der Waals surface area contributed by atoms with Crippen molar-refractivity contribution in [3.05, 3.63) is 119 Å². The number of anilines is 1. The Morgan fingerprint density at radius 2 is 1.34 bits per heavy atom. The van der Waals surface area contributed by atoms with Gasteiger partial charge in [-0.25, -0.2) is 8.42 Å². The van der Waals surface area contributed by atoms with E-state index >= 15 is 0 Å². The fourth-order valence-corrected chi connectivity index (χ4v) is 7.25. The molecule has 2 aliphatic heterocycles. The van der Waals surface area contributed by atoms with Gasteiger partial charge in [0.15, 0.2) is 0 Å². The summed E-state index contributed by atoms with van der Waals surface area (Å²) in [6, 6.07) is 30.6. The Hall–Kier alpha value is -4.53. The molecule has 7 nitrogen and oxygen atoms in total. The molecule has 6 rings (SSSR count).